The van der Waals surface area contributed by atoms with Gasteiger partial charge in [-0.3, -0.25) is 0 Å². The highest BCUT2D eigenvalue weighted by Crippen LogP contribution is 2.36. The fraction of sp³-hybridized carbons (Fsp3) is 0.200. The highest BCUT2D eigenvalue weighted by atomic mass is 35.7. The van der Waals surface area contributed by atoms with Gasteiger partial charge in [-0.05, 0) is 24.6 Å². The summed E-state index contributed by atoms with van der Waals surface area (Å²) in [6.45, 7) is 5.68. The summed E-state index contributed by atoms with van der Waals surface area (Å²) in [5.74, 6) is 0.209. The van der Waals surface area contributed by atoms with Crippen LogP contribution >= 0.6 is 33.9 Å². The largest absolute Gasteiger partial charge is 0.486 e. The minimum Gasteiger partial charge on any atom is -0.486 e. The molecule has 0 aliphatic carbocycles. The molecule has 1 aromatic rings. The van der Waals surface area contributed by atoms with Gasteiger partial charge in [0.1, 0.15) is 6.61 Å². The van der Waals surface area contributed by atoms with E-state index in [9.17, 15) is 8.42 Å². The lowest BCUT2D eigenvalue weighted by Gasteiger charge is -2.10. The Morgan fingerprint density at radius 3 is 2.18 bits per heavy atom. The fourth-order valence-electron chi connectivity index (χ4n) is 1.01. The van der Waals surface area contributed by atoms with Gasteiger partial charge in [-0.1, -0.05) is 29.8 Å². The predicted octanol–water partition coefficient (Wildman–Crippen LogP) is 3.88. The molecule has 0 N–H and O–H groups in total. The van der Waals surface area contributed by atoms with Crippen molar-refractivity contribution in [3.63, 3.8) is 0 Å². The average Bonchev–Trinajstić information content (AvgIpc) is 2.14. The van der Waals surface area contributed by atoms with Gasteiger partial charge in [-0.2, -0.15) is 0 Å². The number of benzene rings is 1. The molecule has 0 saturated carbocycles. The molecule has 0 spiro atoms. The molecule has 0 heterocycles. The Balaban J connectivity index is 3.15. The summed E-state index contributed by atoms with van der Waals surface area (Å²) in [5, 5.41) is 0.163. The maximum Gasteiger partial charge on any atom is 0.261 e. The molecule has 94 valence electrons. The number of hydrogen-bond donors (Lipinski definition) is 0. The zero-order valence-electron chi connectivity index (χ0n) is 8.84. The molecule has 1 aromatic carbocycles. The van der Waals surface area contributed by atoms with Gasteiger partial charge in [0.25, 0.3) is 9.05 Å². The first-order chi connectivity index (χ1) is 7.71. The van der Waals surface area contributed by atoms with Crippen molar-refractivity contribution in [3.8, 4) is 5.75 Å². The lowest BCUT2D eigenvalue weighted by Crippen LogP contribution is -2.00. The van der Waals surface area contributed by atoms with Crippen molar-refractivity contribution in [2.24, 2.45) is 0 Å². The van der Waals surface area contributed by atoms with Gasteiger partial charge in [0.2, 0.25) is 0 Å². The topological polar surface area (TPSA) is 43.4 Å². The van der Waals surface area contributed by atoms with Crippen LogP contribution in [0.1, 0.15) is 6.92 Å². The Labute approximate surface area is 114 Å². The van der Waals surface area contributed by atoms with Crippen molar-refractivity contribution < 1.29 is 13.2 Å². The molecule has 0 unspecified atom stereocenters. The van der Waals surface area contributed by atoms with Crippen molar-refractivity contribution >= 4 is 42.9 Å². The first-order valence-electron chi connectivity index (χ1n) is 4.42. The maximum absolute atomic E-state index is 11.1. The Morgan fingerprint density at radius 1 is 1.35 bits per heavy atom. The molecule has 0 bridgehead atoms. The Hall–Kier alpha value is -0.420. The molecule has 3 nitrogen and oxygen atoms in total. The van der Waals surface area contributed by atoms with Crippen molar-refractivity contribution in [1.29, 1.82) is 0 Å². The molecule has 0 atom stereocenters. The fourth-order valence-corrected chi connectivity index (χ4v) is 2.52. The Morgan fingerprint density at radius 2 is 1.82 bits per heavy atom. The van der Waals surface area contributed by atoms with Gasteiger partial charge < -0.3 is 4.74 Å². The number of hydrogen-bond acceptors (Lipinski definition) is 3. The van der Waals surface area contributed by atoms with E-state index < -0.39 is 9.05 Å². The van der Waals surface area contributed by atoms with Gasteiger partial charge in [-0.25, -0.2) is 8.42 Å². The average molecular weight is 316 g/mol. The van der Waals surface area contributed by atoms with Crippen LogP contribution in [0.2, 0.25) is 10.0 Å². The normalized spacial score (nSPS) is 11.3. The van der Waals surface area contributed by atoms with Crippen LogP contribution in [0.4, 0.5) is 0 Å². The van der Waals surface area contributed by atoms with Crippen molar-refractivity contribution in [3.05, 3.63) is 34.3 Å². The van der Waals surface area contributed by atoms with Crippen LogP contribution in [0.5, 0.6) is 5.75 Å². The zero-order chi connectivity index (χ0) is 13.2. The quantitative estimate of drug-likeness (QED) is 0.625. The highest BCUT2D eigenvalue weighted by Gasteiger charge is 2.16. The van der Waals surface area contributed by atoms with Crippen LogP contribution in [0, 0.1) is 0 Å². The second kappa shape index (κ2) is 5.48. The molecule has 0 aliphatic heterocycles. The van der Waals surface area contributed by atoms with Gasteiger partial charge >= 0.3 is 0 Å². The van der Waals surface area contributed by atoms with E-state index in [1.54, 1.807) is 6.92 Å². The molecule has 17 heavy (non-hydrogen) atoms. The molecule has 0 fully saturated rings. The molecule has 7 heteroatoms. The van der Waals surface area contributed by atoms with E-state index in [2.05, 4.69) is 6.58 Å². The van der Waals surface area contributed by atoms with Gasteiger partial charge in [0.05, 0.1) is 14.9 Å². The smallest absolute Gasteiger partial charge is 0.261 e. The van der Waals surface area contributed by atoms with Crippen molar-refractivity contribution in [1.82, 2.24) is 0 Å². The van der Waals surface area contributed by atoms with Gasteiger partial charge in [0, 0.05) is 10.7 Å². The number of rotatable bonds is 4. The molecule has 0 radical (unpaired) electrons. The summed E-state index contributed by atoms with van der Waals surface area (Å²) in [6, 6.07) is 2.37. The molecule has 0 amide bonds. The third-order valence-electron chi connectivity index (χ3n) is 1.72. The predicted molar refractivity (Wildman–Crippen MR) is 69.8 cm³/mol. The van der Waals surface area contributed by atoms with E-state index in [0.29, 0.717) is 0 Å². The Kier molecular flexibility index (Phi) is 4.72. The first kappa shape index (κ1) is 14.6. The highest BCUT2D eigenvalue weighted by molar-refractivity contribution is 8.13. The Bertz CT molecular complexity index is 529. The van der Waals surface area contributed by atoms with E-state index in [1.165, 1.54) is 12.1 Å². The van der Waals surface area contributed by atoms with E-state index in [4.69, 9.17) is 38.6 Å². The summed E-state index contributed by atoms with van der Waals surface area (Å²) in [6.07, 6.45) is 0. The van der Waals surface area contributed by atoms with E-state index in [1.807, 2.05) is 0 Å². The van der Waals surface area contributed by atoms with Gasteiger partial charge in [-0.15, -0.1) is 0 Å². The number of halogens is 3. The van der Waals surface area contributed by atoms with Crippen LogP contribution in [0.15, 0.2) is 29.2 Å². The molecule has 0 saturated heterocycles. The van der Waals surface area contributed by atoms with Crippen LogP contribution in [0.3, 0.4) is 0 Å². The standard InChI is InChI=1S/C10H9Cl3O3S/c1-6(2)5-16-10-8(11)3-7(4-9(10)12)17(13,14)15/h3-4H,1,5H2,2H3. The van der Waals surface area contributed by atoms with E-state index in [0.717, 1.165) is 5.57 Å². The van der Waals surface area contributed by atoms with Crippen molar-refractivity contribution in [2.45, 2.75) is 11.8 Å². The number of ether oxygens (including phenoxy) is 1. The molecule has 1 rings (SSSR count). The molecule has 0 aliphatic rings. The summed E-state index contributed by atoms with van der Waals surface area (Å²) in [7, 11) is 1.32. The zero-order valence-corrected chi connectivity index (χ0v) is 11.9. The lowest BCUT2D eigenvalue weighted by molar-refractivity contribution is 0.353. The van der Waals surface area contributed by atoms with E-state index in [-0.39, 0.29) is 27.3 Å². The second-order valence-corrected chi connectivity index (χ2v) is 6.78. The summed E-state index contributed by atoms with van der Waals surface area (Å²) >= 11 is 11.7. The van der Waals surface area contributed by atoms with Crippen LogP contribution in [-0.4, -0.2) is 15.0 Å². The summed E-state index contributed by atoms with van der Waals surface area (Å²) < 4.78 is 27.5. The van der Waals surface area contributed by atoms with Crippen LogP contribution < -0.4 is 4.74 Å². The molecular weight excluding hydrogens is 307 g/mol. The van der Waals surface area contributed by atoms with Gasteiger partial charge in [0.15, 0.2) is 5.75 Å². The van der Waals surface area contributed by atoms with Crippen LogP contribution in [-0.2, 0) is 9.05 Å². The van der Waals surface area contributed by atoms with E-state index >= 15 is 0 Å². The summed E-state index contributed by atoms with van der Waals surface area (Å²) in [5.41, 5.74) is 0.783. The molecular formula is C10H9Cl3O3S. The minimum absolute atomic E-state index is 0.0815. The second-order valence-electron chi connectivity index (χ2n) is 3.40. The van der Waals surface area contributed by atoms with Crippen molar-refractivity contribution in [2.75, 3.05) is 6.61 Å². The third-order valence-corrected chi connectivity index (χ3v) is 3.61. The third kappa shape index (κ3) is 4.07. The SMILES string of the molecule is C=C(C)COc1c(Cl)cc(S(=O)(=O)Cl)cc1Cl. The molecule has 0 aromatic heterocycles. The lowest BCUT2D eigenvalue weighted by atomic mass is 10.3. The minimum atomic E-state index is -3.87. The first-order valence-corrected chi connectivity index (χ1v) is 7.49. The maximum atomic E-state index is 11.1. The summed E-state index contributed by atoms with van der Waals surface area (Å²) in [4.78, 5) is -0.170. The monoisotopic (exact) mass is 314 g/mol. The van der Waals surface area contributed by atoms with Crippen LogP contribution in [0.25, 0.3) is 0 Å².